The van der Waals surface area contributed by atoms with E-state index in [0.29, 0.717) is 0 Å². The Kier molecular flexibility index (Phi) is 7.25. The molecule has 0 aliphatic heterocycles. The standard InChI is InChI=1S/C21H27NO2/c1-14(8-7-9-15(2)12-21(22)23)10-11-19-16(3)13-20(24-6)18(5)17(19)4/h7-13H,1-6H3,(H2,22,23)/b9-7+,11-10+,14-8+,15-12+. The molecule has 1 rings (SSSR count). The average Bonchev–Trinajstić information content (AvgIpc) is 2.50. The van der Waals surface area contributed by atoms with Gasteiger partial charge in [-0.2, -0.15) is 0 Å². The first-order valence-electron chi connectivity index (χ1n) is 7.91. The van der Waals surface area contributed by atoms with Crippen LogP contribution in [0.1, 0.15) is 36.1 Å². The Morgan fingerprint density at radius 1 is 1.08 bits per heavy atom. The minimum absolute atomic E-state index is 0.432. The fourth-order valence-corrected chi connectivity index (χ4v) is 2.43. The van der Waals surface area contributed by atoms with Crippen molar-refractivity contribution in [1.29, 1.82) is 0 Å². The Bertz CT molecular complexity index is 735. The molecule has 1 amide bonds. The fraction of sp³-hybridized carbons (Fsp3) is 0.286. The van der Waals surface area contributed by atoms with Crippen molar-refractivity contribution >= 4 is 12.0 Å². The zero-order valence-corrected chi connectivity index (χ0v) is 15.4. The Morgan fingerprint density at radius 2 is 1.75 bits per heavy atom. The van der Waals surface area contributed by atoms with Gasteiger partial charge >= 0.3 is 0 Å². The molecule has 0 bridgehead atoms. The molecule has 0 saturated carbocycles. The highest BCUT2D eigenvalue weighted by Crippen LogP contribution is 2.28. The van der Waals surface area contributed by atoms with E-state index in [4.69, 9.17) is 10.5 Å². The minimum atomic E-state index is -0.432. The number of ether oxygens (including phenoxy) is 1. The molecular formula is C21H27NO2. The van der Waals surface area contributed by atoms with Gasteiger partial charge in [-0.25, -0.2) is 0 Å². The van der Waals surface area contributed by atoms with Crippen LogP contribution in [0.2, 0.25) is 0 Å². The smallest absolute Gasteiger partial charge is 0.241 e. The Morgan fingerprint density at radius 3 is 2.33 bits per heavy atom. The summed E-state index contributed by atoms with van der Waals surface area (Å²) in [6, 6.07) is 2.07. The van der Waals surface area contributed by atoms with Crippen LogP contribution in [0, 0.1) is 20.8 Å². The zero-order valence-electron chi connectivity index (χ0n) is 15.4. The highest BCUT2D eigenvalue weighted by Gasteiger charge is 2.08. The van der Waals surface area contributed by atoms with Gasteiger partial charge in [0.2, 0.25) is 5.91 Å². The van der Waals surface area contributed by atoms with Crippen LogP contribution in [0.3, 0.4) is 0 Å². The molecule has 0 aromatic heterocycles. The summed E-state index contributed by atoms with van der Waals surface area (Å²) in [5, 5.41) is 0. The molecular weight excluding hydrogens is 298 g/mol. The normalized spacial score (nSPS) is 13.1. The molecule has 0 saturated heterocycles. The third-order valence-electron chi connectivity index (χ3n) is 3.93. The number of nitrogens with two attached hydrogens (primary N) is 1. The van der Waals surface area contributed by atoms with E-state index in [9.17, 15) is 4.79 Å². The van der Waals surface area contributed by atoms with Gasteiger partial charge in [-0.15, -0.1) is 0 Å². The molecule has 0 radical (unpaired) electrons. The van der Waals surface area contributed by atoms with Crippen molar-refractivity contribution in [1.82, 2.24) is 0 Å². The molecule has 24 heavy (non-hydrogen) atoms. The maximum atomic E-state index is 10.8. The molecule has 128 valence electrons. The molecule has 0 atom stereocenters. The van der Waals surface area contributed by atoms with Crippen LogP contribution >= 0.6 is 0 Å². The number of carbonyl (C=O) groups excluding carboxylic acids is 1. The van der Waals surface area contributed by atoms with E-state index in [1.54, 1.807) is 7.11 Å². The maximum absolute atomic E-state index is 10.8. The molecule has 0 fully saturated rings. The first kappa shape index (κ1) is 19.5. The van der Waals surface area contributed by atoms with Gasteiger partial charge in [0.25, 0.3) is 0 Å². The van der Waals surface area contributed by atoms with Gasteiger partial charge in [0.05, 0.1) is 7.11 Å². The first-order chi connectivity index (χ1) is 11.3. The van der Waals surface area contributed by atoms with Crippen LogP contribution in [0.5, 0.6) is 5.75 Å². The minimum Gasteiger partial charge on any atom is -0.496 e. The third-order valence-corrected chi connectivity index (χ3v) is 3.93. The summed E-state index contributed by atoms with van der Waals surface area (Å²) in [7, 11) is 1.70. The van der Waals surface area contributed by atoms with Gasteiger partial charge in [0, 0.05) is 6.08 Å². The van der Waals surface area contributed by atoms with Gasteiger partial charge < -0.3 is 10.5 Å². The van der Waals surface area contributed by atoms with Gasteiger partial charge in [0.15, 0.2) is 0 Å². The number of primary amides is 1. The van der Waals surface area contributed by atoms with Crippen LogP contribution in [0.15, 0.2) is 47.6 Å². The molecule has 2 N–H and O–H groups in total. The summed E-state index contributed by atoms with van der Waals surface area (Å²) >= 11 is 0. The van der Waals surface area contributed by atoms with Crippen molar-refractivity contribution in [2.75, 3.05) is 7.11 Å². The largest absolute Gasteiger partial charge is 0.496 e. The fourth-order valence-electron chi connectivity index (χ4n) is 2.43. The predicted octanol–water partition coefficient (Wildman–Crippen LogP) is 4.57. The molecule has 3 nitrogen and oxygen atoms in total. The van der Waals surface area contributed by atoms with Gasteiger partial charge in [-0.05, 0) is 68.5 Å². The van der Waals surface area contributed by atoms with Crippen molar-refractivity contribution in [3.63, 3.8) is 0 Å². The summed E-state index contributed by atoms with van der Waals surface area (Å²) in [4.78, 5) is 10.8. The Hall–Kier alpha value is -2.55. The molecule has 0 unspecified atom stereocenters. The molecule has 0 spiro atoms. The number of carbonyl (C=O) groups is 1. The Balaban J connectivity index is 2.97. The number of allylic oxidation sites excluding steroid dienone is 6. The SMILES string of the molecule is COc1cc(C)c(/C=C/C(C)=C/C=C/C(C)=C/C(N)=O)c(C)c1C. The monoisotopic (exact) mass is 325 g/mol. The molecule has 0 aliphatic carbocycles. The summed E-state index contributed by atoms with van der Waals surface area (Å²) in [5.41, 5.74) is 11.9. The van der Waals surface area contributed by atoms with E-state index < -0.39 is 5.91 Å². The van der Waals surface area contributed by atoms with Gasteiger partial charge in [-0.1, -0.05) is 36.0 Å². The van der Waals surface area contributed by atoms with Gasteiger partial charge in [0.1, 0.15) is 5.75 Å². The number of rotatable bonds is 6. The second kappa shape index (κ2) is 8.92. The van der Waals surface area contributed by atoms with Crippen LogP contribution in [0.25, 0.3) is 6.08 Å². The van der Waals surface area contributed by atoms with Crippen LogP contribution < -0.4 is 10.5 Å². The van der Waals surface area contributed by atoms with E-state index >= 15 is 0 Å². The number of aryl methyl sites for hydroxylation is 1. The van der Waals surface area contributed by atoms with Crippen molar-refractivity contribution < 1.29 is 9.53 Å². The van der Waals surface area contributed by atoms with Crippen molar-refractivity contribution in [2.45, 2.75) is 34.6 Å². The number of hydrogen-bond acceptors (Lipinski definition) is 2. The quantitative estimate of drug-likeness (QED) is 0.615. The van der Waals surface area contributed by atoms with Crippen molar-refractivity contribution in [3.05, 3.63) is 69.8 Å². The second-order valence-corrected chi connectivity index (χ2v) is 5.95. The topological polar surface area (TPSA) is 52.3 Å². The van der Waals surface area contributed by atoms with Crippen LogP contribution in [-0.2, 0) is 4.79 Å². The molecule has 1 aromatic carbocycles. The number of amides is 1. The second-order valence-electron chi connectivity index (χ2n) is 5.95. The maximum Gasteiger partial charge on any atom is 0.241 e. The molecule has 0 heterocycles. The molecule has 1 aromatic rings. The summed E-state index contributed by atoms with van der Waals surface area (Å²) in [6.07, 6.45) is 11.4. The van der Waals surface area contributed by atoms with Crippen LogP contribution in [-0.4, -0.2) is 13.0 Å². The van der Waals surface area contributed by atoms with E-state index in [1.807, 2.05) is 32.1 Å². The Labute approximate surface area is 145 Å². The lowest BCUT2D eigenvalue weighted by Gasteiger charge is -2.13. The van der Waals surface area contributed by atoms with Gasteiger partial charge in [-0.3, -0.25) is 4.79 Å². The van der Waals surface area contributed by atoms with Crippen molar-refractivity contribution in [3.8, 4) is 5.75 Å². The van der Waals surface area contributed by atoms with E-state index in [2.05, 4.69) is 39.0 Å². The van der Waals surface area contributed by atoms with E-state index in [0.717, 1.165) is 22.5 Å². The highest BCUT2D eigenvalue weighted by atomic mass is 16.5. The lowest BCUT2D eigenvalue weighted by atomic mass is 9.96. The third kappa shape index (κ3) is 5.58. The lowest BCUT2D eigenvalue weighted by Crippen LogP contribution is -2.06. The van der Waals surface area contributed by atoms with E-state index in [1.165, 1.54) is 22.8 Å². The number of methoxy groups -OCH3 is 1. The highest BCUT2D eigenvalue weighted by molar-refractivity contribution is 5.86. The molecule has 3 heteroatoms. The van der Waals surface area contributed by atoms with Crippen LogP contribution in [0.4, 0.5) is 0 Å². The summed E-state index contributed by atoms with van der Waals surface area (Å²) < 4.78 is 5.41. The zero-order chi connectivity index (χ0) is 18.3. The summed E-state index contributed by atoms with van der Waals surface area (Å²) in [5.74, 6) is 0.493. The number of hydrogen-bond donors (Lipinski definition) is 1. The van der Waals surface area contributed by atoms with Crippen molar-refractivity contribution in [2.24, 2.45) is 5.73 Å². The predicted molar refractivity (Wildman–Crippen MR) is 102 cm³/mol. The first-order valence-corrected chi connectivity index (χ1v) is 7.91. The average molecular weight is 325 g/mol. The molecule has 0 aliphatic rings. The number of benzene rings is 1. The summed E-state index contributed by atoms with van der Waals surface area (Å²) in [6.45, 7) is 10.2. The lowest BCUT2D eigenvalue weighted by molar-refractivity contribution is -0.113. The van der Waals surface area contributed by atoms with E-state index in [-0.39, 0.29) is 0 Å².